The summed E-state index contributed by atoms with van der Waals surface area (Å²) >= 11 is 6.06. The van der Waals surface area contributed by atoms with E-state index in [4.69, 9.17) is 11.6 Å². The summed E-state index contributed by atoms with van der Waals surface area (Å²) in [6.07, 6.45) is 4.36. The van der Waals surface area contributed by atoms with Gasteiger partial charge in [0.15, 0.2) is 9.84 Å². The second kappa shape index (κ2) is 5.60. The van der Waals surface area contributed by atoms with Crippen molar-refractivity contribution in [3.8, 4) is 0 Å². The predicted molar refractivity (Wildman–Crippen MR) is 76.0 cm³/mol. The maximum Gasteiger partial charge on any atom is 0.224 e. The Hall–Kier alpha value is -0.290. The molecule has 2 aliphatic rings. The van der Waals surface area contributed by atoms with Gasteiger partial charge in [-0.1, -0.05) is 6.92 Å². The van der Waals surface area contributed by atoms with Crippen LogP contribution in [0.2, 0.25) is 0 Å². The molecule has 4 nitrogen and oxygen atoms in total. The van der Waals surface area contributed by atoms with Gasteiger partial charge >= 0.3 is 0 Å². The average molecular weight is 308 g/mol. The van der Waals surface area contributed by atoms with Gasteiger partial charge in [0.05, 0.1) is 23.0 Å². The van der Waals surface area contributed by atoms with E-state index in [1.54, 1.807) is 0 Å². The zero-order valence-electron chi connectivity index (χ0n) is 11.3. The van der Waals surface area contributed by atoms with Gasteiger partial charge < -0.3 is 5.32 Å². The molecule has 0 bridgehead atoms. The van der Waals surface area contributed by atoms with Crippen LogP contribution in [-0.4, -0.2) is 37.2 Å². The summed E-state index contributed by atoms with van der Waals surface area (Å²) in [5.74, 6) is 0.704. The summed E-state index contributed by atoms with van der Waals surface area (Å²) in [4.78, 5) is 12.2. The summed E-state index contributed by atoms with van der Waals surface area (Å²) in [7, 11) is -3.01. The Morgan fingerprint density at radius 1 is 1.32 bits per heavy atom. The number of sulfone groups is 1. The molecule has 0 spiro atoms. The molecule has 19 heavy (non-hydrogen) atoms. The van der Waals surface area contributed by atoms with E-state index in [2.05, 4.69) is 12.2 Å². The second-order valence-corrected chi connectivity index (χ2v) is 8.68. The second-order valence-electron chi connectivity index (χ2n) is 6.19. The number of nitrogens with one attached hydrogen (secondary N) is 1. The number of hydrogen-bond acceptors (Lipinski definition) is 3. The number of alkyl halides is 1. The molecule has 1 heterocycles. The lowest BCUT2D eigenvalue weighted by Gasteiger charge is -2.39. The van der Waals surface area contributed by atoms with Crippen molar-refractivity contribution in [2.75, 3.05) is 17.4 Å². The Balaban J connectivity index is 1.97. The third kappa shape index (κ3) is 3.63. The minimum atomic E-state index is -3.01. The highest BCUT2D eigenvalue weighted by atomic mass is 35.5. The van der Waals surface area contributed by atoms with Crippen LogP contribution in [0, 0.1) is 11.8 Å². The van der Waals surface area contributed by atoms with Gasteiger partial charge in [-0.05, 0) is 38.0 Å². The Morgan fingerprint density at radius 2 is 1.95 bits per heavy atom. The zero-order chi connectivity index (χ0) is 14.1. The van der Waals surface area contributed by atoms with Crippen molar-refractivity contribution < 1.29 is 13.2 Å². The number of rotatable bonds is 3. The normalized spacial score (nSPS) is 38.0. The Morgan fingerprint density at radius 3 is 2.42 bits per heavy atom. The topological polar surface area (TPSA) is 63.2 Å². The lowest BCUT2D eigenvalue weighted by Crippen LogP contribution is -2.53. The first kappa shape index (κ1) is 15.1. The fraction of sp³-hybridized carbons (Fsp3) is 0.923. The van der Waals surface area contributed by atoms with Crippen LogP contribution in [0.5, 0.6) is 0 Å². The van der Waals surface area contributed by atoms with Crippen molar-refractivity contribution in [1.29, 1.82) is 0 Å². The van der Waals surface area contributed by atoms with Gasteiger partial charge in [-0.15, -0.1) is 11.6 Å². The van der Waals surface area contributed by atoms with Crippen LogP contribution in [-0.2, 0) is 14.6 Å². The highest BCUT2D eigenvalue weighted by Gasteiger charge is 2.39. The van der Waals surface area contributed by atoms with E-state index in [1.807, 2.05) is 0 Å². The molecule has 0 aromatic rings. The van der Waals surface area contributed by atoms with Crippen molar-refractivity contribution in [2.24, 2.45) is 11.8 Å². The molecule has 1 N–H and O–H groups in total. The Bertz CT molecular complexity index is 441. The number of hydrogen-bond donors (Lipinski definition) is 1. The molecule has 1 unspecified atom stereocenters. The lowest BCUT2D eigenvalue weighted by atomic mass is 9.78. The molecular formula is C13H22ClNO3S. The highest BCUT2D eigenvalue weighted by Crippen LogP contribution is 2.33. The largest absolute Gasteiger partial charge is 0.349 e. The number of halogens is 1. The van der Waals surface area contributed by atoms with Crippen molar-refractivity contribution in [1.82, 2.24) is 5.32 Å². The molecule has 0 aromatic carbocycles. The molecule has 1 atom stereocenters. The smallest absolute Gasteiger partial charge is 0.224 e. The monoisotopic (exact) mass is 307 g/mol. The third-order valence-electron chi connectivity index (χ3n) is 4.48. The van der Waals surface area contributed by atoms with Gasteiger partial charge in [-0.2, -0.15) is 0 Å². The molecule has 1 aliphatic heterocycles. The summed E-state index contributed by atoms with van der Waals surface area (Å²) in [6.45, 7) is 2.21. The molecule has 2 fully saturated rings. The number of amides is 1. The molecule has 110 valence electrons. The van der Waals surface area contributed by atoms with Crippen molar-refractivity contribution >= 4 is 27.3 Å². The summed E-state index contributed by atoms with van der Waals surface area (Å²) in [5, 5.41) is 3.05. The molecule has 2 rings (SSSR count). The van der Waals surface area contributed by atoms with Crippen LogP contribution in [0.15, 0.2) is 0 Å². The third-order valence-corrected chi connectivity index (χ3v) is 6.76. The maximum absolute atomic E-state index is 12.2. The highest BCUT2D eigenvalue weighted by molar-refractivity contribution is 7.91. The number of carbonyl (C=O) groups is 1. The maximum atomic E-state index is 12.2. The molecule has 6 heteroatoms. The fourth-order valence-electron chi connectivity index (χ4n) is 2.97. The van der Waals surface area contributed by atoms with Gasteiger partial charge in [-0.25, -0.2) is 8.42 Å². The Kier molecular flexibility index (Phi) is 4.45. The standard InChI is InChI=1S/C13H22ClNO3S/c1-10-2-5-13(9-14,6-3-10)15-12(16)11-4-7-19(17,18)8-11/h10-11H,2-9H2,1H3,(H,15,16). The predicted octanol–water partition coefficient (Wildman–Crippen LogP) is 1.72. The first-order valence-electron chi connectivity index (χ1n) is 6.94. The average Bonchev–Trinajstić information content (AvgIpc) is 2.73. The molecule has 1 aliphatic carbocycles. The summed E-state index contributed by atoms with van der Waals surface area (Å²) < 4.78 is 22.8. The lowest BCUT2D eigenvalue weighted by molar-refractivity contribution is -0.126. The Labute approximate surface area is 120 Å². The first-order valence-corrected chi connectivity index (χ1v) is 9.30. The van der Waals surface area contributed by atoms with E-state index in [-0.39, 0.29) is 28.9 Å². The minimum Gasteiger partial charge on any atom is -0.349 e. The van der Waals surface area contributed by atoms with Crippen molar-refractivity contribution in [3.63, 3.8) is 0 Å². The van der Waals surface area contributed by atoms with Gasteiger partial charge in [0.25, 0.3) is 0 Å². The molecule has 0 aromatic heterocycles. The fourth-order valence-corrected chi connectivity index (χ4v) is 5.05. The van der Waals surface area contributed by atoms with Gasteiger partial charge in [0.1, 0.15) is 0 Å². The van der Waals surface area contributed by atoms with E-state index in [0.29, 0.717) is 18.2 Å². The molecule has 1 amide bonds. The van der Waals surface area contributed by atoms with Crippen LogP contribution < -0.4 is 5.32 Å². The zero-order valence-corrected chi connectivity index (χ0v) is 12.9. The quantitative estimate of drug-likeness (QED) is 0.808. The van der Waals surface area contributed by atoms with Crippen LogP contribution >= 0.6 is 11.6 Å². The molecular weight excluding hydrogens is 286 g/mol. The van der Waals surface area contributed by atoms with Crippen molar-refractivity contribution in [3.05, 3.63) is 0 Å². The molecule has 1 saturated carbocycles. The van der Waals surface area contributed by atoms with Crippen molar-refractivity contribution in [2.45, 2.75) is 44.6 Å². The van der Waals surface area contributed by atoms with Crippen LogP contribution in [0.1, 0.15) is 39.0 Å². The SMILES string of the molecule is CC1CCC(CCl)(NC(=O)C2CCS(=O)(=O)C2)CC1. The summed E-state index contributed by atoms with van der Waals surface area (Å²) in [6, 6.07) is 0. The van der Waals surface area contributed by atoms with E-state index in [0.717, 1.165) is 25.7 Å². The minimum absolute atomic E-state index is 0.00635. The van der Waals surface area contributed by atoms with Gasteiger partial charge in [-0.3, -0.25) is 4.79 Å². The van der Waals surface area contributed by atoms with E-state index in [1.165, 1.54) is 0 Å². The van der Waals surface area contributed by atoms with Crippen LogP contribution in [0.3, 0.4) is 0 Å². The van der Waals surface area contributed by atoms with E-state index < -0.39 is 9.84 Å². The molecule has 0 radical (unpaired) electrons. The number of carbonyl (C=O) groups excluding carboxylic acids is 1. The van der Waals surface area contributed by atoms with E-state index >= 15 is 0 Å². The molecule has 1 saturated heterocycles. The van der Waals surface area contributed by atoms with E-state index in [9.17, 15) is 13.2 Å². The van der Waals surface area contributed by atoms with Crippen LogP contribution in [0.25, 0.3) is 0 Å². The van der Waals surface area contributed by atoms with Crippen LogP contribution in [0.4, 0.5) is 0 Å². The summed E-state index contributed by atoms with van der Waals surface area (Å²) in [5.41, 5.74) is -0.322. The van der Waals surface area contributed by atoms with Gasteiger partial charge in [0, 0.05) is 5.88 Å². The van der Waals surface area contributed by atoms with Gasteiger partial charge in [0.2, 0.25) is 5.91 Å². The first-order chi connectivity index (χ1) is 8.86.